The number of carbonyl (C=O) groups excluding carboxylic acids is 1. The van der Waals surface area contributed by atoms with Gasteiger partial charge in [-0.05, 0) is 30.5 Å². The predicted octanol–water partition coefficient (Wildman–Crippen LogP) is 2.11. The number of nitrogens with zero attached hydrogens (tertiary/aromatic N) is 1. The van der Waals surface area contributed by atoms with Crippen LogP contribution in [0.5, 0.6) is 0 Å². The molecule has 0 spiro atoms. The van der Waals surface area contributed by atoms with Crippen LogP contribution in [0.3, 0.4) is 0 Å². The van der Waals surface area contributed by atoms with Crippen LogP contribution in [0.2, 0.25) is 0 Å². The third-order valence-corrected chi connectivity index (χ3v) is 2.65. The molecular weight excluding hydrogens is 379 g/mol. The van der Waals surface area contributed by atoms with Gasteiger partial charge in [0.25, 0.3) is 0 Å². The van der Waals surface area contributed by atoms with Gasteiger partial charge in [-0.2, -0.15) is 0 Å². The second kappa shape index (κ2) is 10.4. The molecule has 0 radical (unpaired) electrons. The number of aliphatic imine (C=N–C) groups is 1. The highest BCUT2D eigenvalue weighted by Crippen LogP contribution is 2.06. The molecule has 0 aliphatic rings. The molecule has 118 valence electrons. The fraction of sp³-hybridized carbons (Fsp3) is 0.467. The topological polar surface area (TPSA) is 79.5 Å². The van der Waals surface area contributed by atoms with Crippen molar-refractivity contribution in [2.75, 3.05) is 13.1 Å². The number of nitrogens with two attached hydrogens (primary N) is 1. The van der Waals surface area contributed by atoms with Crippen molar-refractivity contribution in [2.24, 2.45) is 16.6 Å². The third kappa shape index (κ3) is 7.89. The first-order valence-electron chi connectivity index (χ1n) is 6.93. The number of amides is 1. The van der Waals surface area contributed by atoms with Crippen LogP contribution in [0.4, 0.5) is 0 Å². The van der Waals surface area contributed by atoms with E-state index in [-0.39, 0.29) is 24.0 Å². The van der Waals surface area contributed by atoms with Crippen molar-refractivity contribution >= 4 is 35.8 Å². The van der Waals surface area contributed by atoms with Gasteiger partial charge in [0, 0.05) is 18.7 Å². The molecule has 6 heteroatoms. The van der Waals surface area contributed by atoms with Crippen LogP contribution in [0.25, 0.3) is 0 Å². The molecule has 1 rings (SSSR count). The van der Waals surface area contributed by atoms with Crippen LogP contribution in [0, 0.1) is 5.92 Å². The highest BCUT2D eigenvalue weighted by atomic mass is 127. The molecule has 0 aliphatic carbocycles. The van der Waals surface area contributed by atoms with Gasteiger partial charge in [0.05, 0.1) is 6.54 Å². The molecule has 0 saturated heterocycles. The summed E-state index contributed by atoms with van der Waals surface area (Å²) in [6, 6.07) is 7.23. The number of guanidine groups is 1. The lowest BCUT2D eigenvalue weighted by Gasteiger charge is -2.13. The first-order valence-corrected chi connectivity index (χ1v) is 6.93. The summed E-state index contributed by atoms with van der Waals surface area (Å²) in [5.41, 5.74) is 6.74. The highest BCUT2D eigenvalue weighted by molar-refractivity contribution is 14.0. The van der Waals surface area contributed by atoms with E-state index in [4.69, 9.17) is 5.73 Å². The molecule has 5 nitrogen and oxygen atoms in total. The lowest BCUT2D eigenvalue weighted by Crippen LogP contribution is -2.39. The van der Waals surface area contributed by atoms with Gasteiger partial charge in [0.1, 0.15) is 0 Å². The number of carbonyl (C=O) groups is 1. The number of rotatable bonds is 6. The number of benzene rings is 1. The van der Waals surface area contributed by atoms with Crippen LogP contribution in [0.1, 0.15) is 36.7 Å². The van der Waals surface area contributed by atoms with Gasteiger partial charge in [0.15, 0.2) is 5.96 Å². The largest absolute Gasteiger partial charge is 0.366 e. The lowest BCUT2D eigenvalue weighted by atomic mass is 10.1. The normalized spacial score (nSPS) is 11.0. The molecule has 1 aromatic carbocycles. The minimum Gasteiger partial charge on any atom is -0.366 e. The molecular formula is C15H25IN4O. The van der Waals surface area contributed by atoms with Crippen LogP contribution < -0.4 is 16.4 Å². The molecule has 1 amide bonds. The van der Waals surface area contributed by atoms with Crippen LogP contribution in [0.15, 0.2) is 29.3 Å². The highest BCUT2D eigenvalue weighted by Gasteiger charge is 2.02. The van der Waals surface area contributed by atoms with E-state index < -0.39 is 5.91 Å². The van der Waals surface area contributed by atoms with Gasteiger partial charge in [-0.3, -0.25) is 4.79 Å². The summed E-state index contributed by atoms with van der Waals surface area (Å²) in [6.07, 6.45) is 0. The van der Waals surface area contributed by atoms with Crippen LogP contribution in [-0.4, -0.2) is 25.0 Å². The van der Waals surface area contributed by atoms with E-state index in [0.29, 0.717) is 18.0 Å². The van der Waals surface area contributed by atoms with Crippen molar-refractivity contribution in [2.45, 2.75) is 27.3 Å². The average molecular weight is 404 g/mol. The number of halogens is 1. The quantitative estimate of drug-likeness (QED) is 0.386. The Labute approximate surface area is 143 Å². The van der Waals surface area contributed by atoms with Crippen LogP contribution >= 0.6 is 24.0 Å². The van der Waals surface area contributed by atoms with Gasteiger partial charge >= 0.3 is 0 Å². The minimum atomic E-state index is -0.416. The molecule has 0 bridgehead atoms. The summed E-state index contributed by atoms with van der Waals surface area (Å²) in [5.74, 6) is 0.920. The standard InChI is InChI=1S/C15H24N4O.HI/c1-4-17-15(18-9-11(2)3)19-10-12-6-5-7-13(8-12)14(16)20;/h5-8,11H,4,9-10H2,1-3H3,(H2,16,20)(H2,17,18,19);1H. The lowest BCUT2D eigenvalue weighted by molar-refractivity contribution is 0.1000. The van der Waals surface area contributed by atoms with E-state index in [2.05, 4.69) is 29.5 Å². The summed E-state index contributed by atoms with van der Waals surface area (Å²) >= 11 is 0. The van der Waals surface area contributed by atoms with E-state index in [9.17, 15) is 4.79 Å². The maximum Gasteiger partial charge on any atom is 0.248 e. The molecule has 0 atom stereocenters. The van der Waals surface area contributed by atoms with Crippen molar-refractivity contribution in [3.8, 4) is 0 Å². The molecule has 0 aliphatic heterocycles. The Morgan fingerprint density at radius 1 is 1.33 bits per heavy atom. The predicted molar refractivity (Wildman–Crippen MR) is 98.0 cm³/mol. The zero-order chi connectivity index (χ0) is 15.0. The summed E-state index contributed by atoms with van der Waals surface area (Å²) in [7, 11) is 0. The van der Waals surface area contributed by atoms with Gasteiger partial charge in [0.2, 0.25) is 5.91 Å². The maximum atomic E-state index is 11.1. The zero-order valence-electron chi connectivity index (χ0n) is 12.8. The summed E-state index contributed by atoms with van der Waals surface area (Å²) in [4.78, 5) is 15.6. The first-order chi connectivity index (χ1) is 9.52. The van der Waals surface area contributed by atoms with Gasteiger partial charge < -0.3 is 16.4 Å². The van der Waals surface area contributed by atoms with Crippen molar-refractivity contribution in [3.05, 3.63) is 35.4 Å². The Kier molecular flexibility index (Phi) is 9.77. The molecule has 21 heavy (non-hydrogen) atoms. The zero-order valence-corrected chi connectivity index (χ0v) is 15.2. The molecule has 0 heterocycles. The Morgan fingerprint density at radius 2 is 2.05 bits per heavy atom. The average Bonchev–Trinajstić information content (AvgIpc) is 2.42. The summed E-state index contributed by atoms with van der Waals surface area (Å²) in [6.45, 7) is 8.51. The van der Waals surface area contributed by atoms with E-state index in [1.165, 1.54) is 0 Å². The Balaban J connectivity index is 0.00000400. The van der Waals surface area contributed by atoms with Crippen molar-refractivity contribution in [1.29, 1.82) is 0 Å². The van der Waals surface area contributed by atoms with E-state index in [1.54, 1.807) is 12.1 Å². The molecule has 1 aromatic rings. The molecule has 0 saturated carbocycles. The fourth-order valence-corrected chi connectivity index (χ4v) is 1.64. The monoisotopic (exact) mass is 404 g/mol. The van der Waals surface area contributed by atoms with E-state index >= 15 is 0 Å². The smallest absolute Gasteiger partial charge is 0.248 e. The molecule has 0 fully saturated rings. The molecule has 0 unspecified atom stereocenters. The van der Waals surface area contributed by atoms with Gasteiger partial charge in [-0.1, -0.05) is 26.0 Å². The number of primary amides is 1. The maximum absolute atomic E-state index is 11.1. The van der Waals surface area contributed by atoms with E-state index in [1.807, 2.05) is 19.1 Å². The number of nitrogens with one attached hydrogen (secondary N) is 2. The van der Waals surface area contributed by atoms with Crippen molar-refractivity contribution in [1.82, 2.24) is 10.6 Å². The van der Waals surface area contributed by atoms with Gasteiger partial charge in [-0.15, -0.1) is 24.0 Å². The van der Waals surface area contributed by atoms with Crippen molar-refractivity contribution < 1.29 is 4.79 Å². The van der Waals surface area contributed by atoms with Crippen molar-refractivity contribution in [3.63, 3.8) is 0 Å². The second-order valence-corrected chi connectivity index (χ2v) is 5.03. The number of hydrogen-bond acceptors (Lipinski definition) is 2. The molecule has 0 aromatic heterocycles. The summed E-state index contributed by atoms with van der Waals surface area (Å²) < 4.78 is 0. The Bertz CT molecular complexity index is 474. The number of hydrogen-bond donors (Lipinski definition) is 3. The summed E-state index contributed by atoms with van der Waals surface area (Å²) in [5, 5.41) is 6.47. The second-order valence-electron chi connectivity index (χ2n) is 5.03. The Hall–Kier alpha value is -1.31. The van der Waals surface area contributed by atoms with E-state index in [0.717, 1.165) is 24.6 Å². The SMILES string of the molecule is CCNC(=NCc1cccc(C(N)=O)c1)NCC(C)C.I. The van der Waals surface area contributed by atoms with Gasteiger partial charge in [-0.25, -0.2) is 4.99 Å². The molecule has 4 N–H and O–H groups in total. The van der Waals surface area contributed by atoms with Crippen LogP contribution in [-0.2, 0) is 6.54 Å². The third-order valence-electron chi connectivity index (χ3n) is 2.65. The minimum absolute atomic E-state index is 0. The first kappa shape index (κ1) is 19.7. The fourth-order valence-electron chi connectivity index (χ4n) is 1.64. The Morgan fingerprint density at radius 3 is 2.62 bits per heavy atom.